The molecule has 1 amide bonds. The van der Waals surface area contributed by atoms with Crippen molar-refractivity contribution >= 4 is 11.6 Å². The van der Waals surface area contributed by atoms with E-state index >= 15 is 0 Å². The summed E-state index contributed by atoms with van der Waals surface area (Å²) >= 11 is 0. The Bertz CT molecular complexity index is 700. The van der Waals surface area contributed by atoms with Gasteiger partial charge < -0.3 is 15.1 Å². The van der Waals surface area contributed by atoms with Crippen molar-refractivity contribution in [2.24, 2.45) is 0 Å². The molecule has 1 heterocycles. The molecule has 3 rings (SSSR count). The van der Waals surface area contributed by atoms with E-state index in [0.29, 0.717) is 18.7 Å². The van der Waals surface area contributed by atoms with Gasteiger partial charge in [-0.1, -0.05) is 6.07 Å². The Kier molecular flexibility index (Phi) is 2.82. The SMILES string of the molecule is O=C(c1cc(O)ccc1O)N1CCc2ccc(F)cc21. The number of fused-ring (bicyclic) bond motifs is 1. The van der Waals surface area contributed by atoms with Gasteiger partial charge in [-0.25, -0.2) is 4.39 Å². The summed E-state index contributed by atoms with van der Waals surface area (Å²) in [5.41, 5.74) is 1.40. The topological polar surface area (TPSA) is 60.8 Å². The number of phenolic OH excluding ortho intramolecular Hbond substituents is 2. The monoisotopic (exact) mass is 273 g/mol. The van der Waals surface area contributed by atoms with Crippen LogP contribution in [0.15, 0.2) is 36.4 Å². The smallest absolute Gasteiger partial charge is 0.262 e. The van der Waals surface area contributed by atoms with Gasteiger partial charge in [0.1, 0.15) is 17.3 Å². The largest absolute Gasteiger partial charge is 0.508 e. The van der Waals surface area contributed by atoms with Crippen molar-refractivity contribution in [1.29, 1.82) is 0 Å². The van der Waals surface area contributed by atoms with E-state index in [0.717, 1.165) is 5.56 Å². The molecule has 0 fully saturated rings. The first-order chi connectivity index (χ1) is 9.56. The van der Waals surface area contributed by atoms with Gasteiger partial charge in [0.15, 0.2) is 0 Å². The van der Waals surface area contributed by atoms with Gasteiger partial charge in [0.25, 0.3) is 5.91 Å². The fraction of sp³-hybridized carbons (Fsp3) is 0.133. The van der Waals surface area contributed by atoms with E-state index in [1.807, 2.05) is 0 Å². The van der Waals surface area contributed by atoms with Crippen molar-refractivity contribution in [3.05, 3.63) is 53.3 Å². The summed E-state index contributed by atoms with van der Waals surface area (Å²) < 4.78 is 13.3. The predicted octanol–water partition coefficient (Wildman–Crippen LogP) is 2.44. The van der Waals surface area contributed by atoms with Crippen LogP contribution in [0, 0.1) is 5.82 Å². The zero-order valence-corrected chi connectivity index (χ0v) is 10.5. The van der Waals surface area contributed by atoms with Gasteiger partial charge in [-0.15, -0.1) is 0 Å². The van der Waals surface area contributed by atoms with E-state index in [1.165, 1.54) is 35.2 Å². The van der Waals surface area contributed by atoms with Crippen LogP contribution >= 0.6 is 0 Å². The minimum atomic E-state index is -0.456. The summed E-state index contributed by atoms with van der Waals surface area (Å²) in [5, 5.41) is 19.2. The van der Waals surface area contributed by atoms with E-state index in [1.54, 1.807) is 6.07 Å². The Morgan fingerprint density at radius 2 is 1.95 bits per heavy atom. The highest BCUT2D eigenvalue weighted by Gasteiger charge is 2.27. The second-order valence-electron chi connectivity index (χ2n) is 4.68. The lowest BCUT2D eigenvalue weighted by atomic mass is 10.1. The molecule has 0 unspecified atom stereocenters. The van der Waals surface area contributed by atoms with Crippen molar-refractivity contribution < 1.29 is 19.4 Å². The molecule has 0 atom stereocenters. The molecule has 102 valence electrons. The summed E-state index contributed by atoms with van der Waals surface area (Å²) in [7, 11) is 0. The quantitative estimate of drug-likeness (QED) is 0.784. The average Bonchev–Trinajstić information content (AvgIpc) is 2.83. The minimum absolute atomic E-state index is 0.00195. The van der Waals surface area contributed by atoms with Gasteiger partial charge in [-0.05, 0) is 42.3 Å². The molecule has 4 nitrogen and oxygen atoms in total. The summed E-state index contributed by atoms with van der Waals surface area (Å²) in [5.74, 6) is -1.19. The molecule has 1 aliphatic rings. The number of anilines is 1. The normalized spacial score (nSPS) is 13.3. The van der Waals surface area contributed by atoms with Crippen molar-refractivity contribution in [3.8, 4) is 11.5 Å². The molecule has 1 aliphatic heterocycles. The summed E-state index contributed by atoms with van der Waals surface area (Å²) in [6.45, 7) is 0.423. The molecular formula is C15H12FNO3. The fourth-order valence-corrected chi connectivity index (χ4v) is 2.40. The summed E-state index contributed by atoms with van der Waals surface area (Å²) in [4.78, 5) is 13.8. The third-order valence-electron chi connectivity index (χ3n) is 3.40. The lowest BCUT2D eigenvalue weighted by molar-refractivity contribution is 0.0986. The molecule has 5 heteroatoms. The third-order valence-corrected chi connectivity index (χ3v) is 3.40. The molecular weight excluding hydrogens is 261 g/mol. The number of amides is 1. The number of aromatic hydroxyl groups is 2. The lowest BCUT2D eigenvalue weighted by Crippen LogP contribution is -2.29. The summed E-state index contributed by atoms with van der Waals surface area (Å²) in [6.07, 6.45) is 0.640. The van der Waals surface area contributed by atoms with Gasteiger partial charge in [-0.3, -0.25) is 4.79 Å². The number of rotatable bonds is 1. The van der Waals surface area contributed by atoms with E-state index in [9.17, 15) is 19.4 Å². The standard InChI is InChI=1S/C15H12FNO3/c16-10-2-1-9-5-6-17(13(9)7-10)15(20)12-8-11(18)3-4-14(12)19/h1-4,7-8,18-19H,5-6H2. The number of hydrogen-bond acceptors (Lipinski definition) is 3. The number of carbonyl (C=O) groups excluding carboxylic acids is 1. The van der Waals surface area contributed by atoms with E-state index in [4.69, 9.17) is 0 Å². The van der Waals surface area contributed by atoms with Crippen molar-refractivity contribution in [2.75, 3.05) is 11.4 Å². The Morgan fingerprint density at radius 3 is 2.75 bits per heavy atom. The van der Waals surface area contributed by atoms with Crippen LogP contribution in [0.4, 0.5) is 10.1 Å². The van der Waals surface area contributed by atoms with Crippen LogP contribution in [0.1, 0.15) is 15.9 Å². The number of nitrogens with zero attached hydrogens (tertiary/aromatic N) is 1. The summed E-state index contributed by atoms with van der Waals surface area (Å²) in [6, 6.07) is 8.07. The van der Waals surface area contributed by atoms with Crippen LogP contribution in [-0.4, -0.2) is 22.7 Å². The van der Waals surface area contributed by atoms with Crippen LogP contribution in [0.3, 0.4) is 0 Å². The second kappa shape index (κ2) is 4.52. The van der Waals surface area contributed by atoms with Gasteiger partial charge in [0, 0.05) is 6.54 Å². The molecule has 2 N–H and O–H groups in total. The molecule has 0 bridgehead atoms. The van der Waals surface area contributed by atoms with Crippen LogP contribution in [0.25, 0.3) is 0 Å². The van der Waals surface area contributed by atoms with Crippen molar-refractivity contribution in [2.45, 2.75) is 6.42 Å². The number of hydrogen-bond donors (Lipinski definition) is 2. The second-order valence-corrected chi connectivity index (χ2v) is 4.68. The molecule has 0 spiro atoms. The van der Waals surface area contributed by atoms with Crippen molar-refractivity contribution in [1.82, 2.24) is 0 Å². The number of halogens is 1. The molecule has 0 aromatic heterocycles. The number of carbonyl (C=O) groups is 1. The predicted molar refractivity (Wildman–Crippen MR) is 71.6 cm³/mol. The maximum atomic E-state index is 13.3. The van der Waals surface area contributed by atoms with E-state index in [2.05, 4.69) is 0 Å². The lowest BCUT2D eigenvalue weighted by Gasteiger charge is -2.18. The van der Waals surface area contributed by atoms with Crippen molar-refractivity contribution in [3.63, 3.8) is 0 Å². The van der Waals surface area contributed by atoms with E-state index in [-0.39, 0.29) is 17.1 Å². The van der Waals surface area contributed by atoms with Gasteiger partial charge in [0.2, 0.25) is 0 Å². The Morgan fingerprint density at radius 1 is 1.15 bits per heavy atom. The van der Waals surface area contributed by atoms with Gasteiger partial charge in [-0.2, -0.15) is 0 Å². The maximum Gasteiger partial charge on any atom is 0.262 e. The van der Waals surface area contributed by atoms with Crippen LogP contribution in [0.5, 0.6) is 11.5 Å². The highest BCUT2D eigenvalue weighted by Crippen LogP contribution is 2.32. The zero-order chi connectivity index (χ0) is 14.3. The van der Waals surface area contributed by atoms with Gasteiger partial charge >= 0.3 is 0 Å². The fourth-order valence-electron chi connectivity index (χ4n) is 2.40. The Balaban J connectivity index is 2.01. The molecule has 0 radical (unpaired) electrons. The highest BCUT2D eigenvalue weighted by molar-refractivity contribution is 6.09. The zero-order valence-electron chi connectivity index (χ0n) is 10.5. The minimum Gasteiger partial charge on any atom is -0.508 e. The molecule has 2 aromatic carbocycles. The third kappa shape index (κ3) is 1.97. The molecule has 20 heavy (non-hydrogen) atoms. The number of phenols is 2. The average molecular weight is 273 g/mol. The Labute approximate surface area is 114 Å². The number of benzene rings is 2. The Hall–Kier alpha value is -2.56. The van der Waals surface area contributed by atoms with Gasteiger partial charge in [0.05, 0.1) is 11.3 Å². The molecule has 2 aromatic rings. The molecule has 0 aliphatic carbocycles. The maximum absolute atomic E-state index is 13.3. The molecule has 0 saturated heterocycles. The van der Waals surface area contributed by atoms with Crippen LogP contribution < -0.4 is 4.90 Å². The first-order valence-corrected chi connectivity index (χ1v) is 6.18. The van der Waals surface area contributed by atoms with E-state index < -0.39 is 11.7 Å². The first-order valence-electron chi connectivity index (χ1n) is 6.18. The molecule has 0 saturated carbocycles. The van der Waals surface area contributed by atoms with Crippen LogP contribution in [-0.2, 0) is 6.42 Å². The first kappa shape index (κ1) is 12.5. The van der Waals surface area contributed by atoms with Crippen LogP contribution in [0.2, 0.25) is 0 Å². The highest BCUT2D eigenvalue weighted by atomic mass is 19.1.